The van der Waals surface area contributed by atoms with Gasteiger partial charge in [0.1, 0.15) is 5.82 Å². The van der Waals surface area contributed by atoms with Gasteiger partial charge in [0.2, 0.25) is 11.8 Å². The SMILES string of the molecule is CCN(C)c1ccnc(N(C)Cc2noc(C3CCC3)n2)n1. The van der Waals surface area contributed by atoms with Gasteiger partial charge in [-0.2, -0.15) is 9.97 Å². The molecule has 0 spiro atoms. The quantitative estimate of drug-likeness (QED) is 0.810. The van der Waals surface area contributed by atoms with Crippen molar-refractivity contribution in [2.75, 3.05) is 30.4 Å². The first kappa shape index (κ1) is 14.7. The van der Waals surface area contributed by atoms with Gasteiger partial charge < -0.3 is 14.3 Å². The number of anilines is 2. The monoisotopic (exact) mass is 302 g/mol. The highest BCUT2D eigenvalue weighted by Crippen LogP contribution is 2.35. The molecule has 118 valence electrons. The van der Waals surface area contributed by atoms with Crippen LogP contribution in [-0.4, -0.2) is 40.7 Å². The molecule has 22 heavy (non-hydrogen) atoms. The number of nitrogens with zero attached hydrogens (tertiary/aromatic N) is 6. The lowest BCUT2D eigenvalue weighted by Gasteiger charge is -2.20. The van der Waals surface area contributed by atoms with Crippen LogP contribution in [0.2, 0.25) is 0 Å². The molecule has 1 saturated carbocycles. The minimum atomic E-state index is 0.462. The summed E-state index contributed by atoms with van der Waals surface area (Å²) < 4.78 is 5.35. The van der Waals surface area contributed by atoms with Crippen LogP contribution in [0.25, 0.3) is 0 Å². The van der Waals surface area contributed by atoms with E-state index in [9.17, 15) is 0 Å². The van der Waals surface area contributed by atoms with Crippen molar-refractivity contribution in [2.45, 2.75) is 38.6 Å². The first-order valence-electron chi connectivity index (χ1n) is 7.75. The zero-order valence-corrected chi connectivity index (χ0v) is 13.4. The molecule has 2 heterocycles. The van der Waals surface area contributed by atoms with Crippen LogP contribution >= 0.6 is 0 Å². The lowest BCUT2D eigenvalue weighted by molar-refractivity contribution is 0.291. The Morgan fingerprint density at radius 1 is 1.23 bits per heavy atom. The van der Waals surface area contributed by atoms with Crippen molar-refractivity contribution in [3.05, 3.63) is 24.0 Å². The Morgan fingerprint density at radius 2 is 2.05 bits per heavy atom. The third-order valence-electron chi connectivity index (χ3n) is 4.15. The zero-order chi connectivity index (χ0) is 15.5. The number of hydrogen-bond donors (Lipinski definition) is 0. The van der Waals surface area contributed by atoms with E-state index in [1.165, 1.54) is 6.42 Å². The largest absolute Gasteiger partial charge is 0.360 e. The molecular weight excluding hydrogens is 280 g/mol. The van der Waals surface area contributed by atoms with Crippen molar-refractivity contribution in [1.29, 1.82) is 0 Å². The van der Waals surface area contributed by atoms with Crippen molar-refractivity contribution in [1.82, 2.24) is 20.1 Å². The van der Waals surface area contributed by atoms with E-state index < -0.39 is 0 Å². The maximum Gasteiger partial charge on any atom is 0.229 e. The van der Waals surface area contributed by atoms with Gasteiger partial charge in [-0.1, -0.05) is 11.6 Å². The highest BCUT2D eigenvalue weighted by atomic mass is 16.5. The van der Waals surface area contributed by atoms with Gasteiger partial charge in [-0.3, -0.25) is 0 Å². The maximum absolute atomic E-state index is 5.35. The van der Waals surface area contributed by atoms with E-state index >= 15 is 0 Å². The normalized spacial score (nSPS) is 14.7. The van der Waals surface area contributed by atoms with Crippen LogP contribution in [0.5, 0.6) is 0 Å². The predicted octanol–water partition coefficient (Wildman–Crippen LogP) is 2.22. The van der Waals surface area contributed by atoms with E-state index in [2.05, 4.69) is 31.9 Å². The van der Waals surface area contributed by atoms with Crippen LogP contribution in [0.15, 0.2) is 16.8 Å². The first-order chi connectivity index (χ1) is 10.7. The summed E-state index contributed by atoms with van der Waals surface area (Å²) in [6.07, 6.45) is 5.35. The molecule has 7 nitrogen and oxygen atoms in total. The van der Waals surface area contributed by atoms with Crippen molar-refractivity contribution in [2.24, 2.45) is 0 Å². The Labute approximate surface area is 130 Å². The summed E-state index contributed by atoms with van der Waals surface area (Å²) in [6.45, 7) is 3.53. The van der Waals surface area contributed by atoms with Gasteiger partial charge in [0.25, 0.3) is 0 Å². The summed E-state index contributed by atoms with van der Waals surface area (Å²) in [4.78, 5) is 17.4. The zero-order valence-electron chi connectivity index (χ0n) is 13.4. The van der Waals surface area contributed by atoms with Crippen LogP contribution in [-0.2, 0) is 6.54 Å². The summed E-state index contributed by atoms with van der Waals surface area (Å²) in [5, 5.41) is 4.06. The van der Waals surface area contributed by atoms with Crippen molar-refractivity contribution in [3.8, 4) is 0 Å². The smallest absolute Gasteiger partial charge is 0.229 e. The number of aromatic nitrogens is 4. The van der Waals surface area contributed by atoms with Crippen LogP contribution in [0, 0.1) is 0 Å². The van der Waals surface area contributed by atoms with Crippen molar-refractivity contribution < 1.29 is 4.52 Å². The molecule has 0 aromatic carbocycles. The topological polar surface area (TPSA) is 71.2 Å². The molecule has 1 aliphatic carbocycles. The fourth-order valence-electron chi connectivity index (χ4n) is 2.33. The fraction of sp³-hybridized carbons (Fsp3) is 0.600. The molecule has 0 bridgehead atoms. The molecule has 0 atom stereocenters. The Morgan fingerprint density at radius 3 is 2.73 bits per heavy atom. The second kappa shape index (κ2) is 6.29. The Kier molecular flexibility index (Phi) is 4.22. The Bertz CT molecular complexity index is 624. The average Bonchev–Trinajstić information content (AvgIpc) is 2.92. The summed E-state index contributed by atoms with van der Waals surface area (Å²) in [7, 11) is 3.95. The number of rotatable bonds is 6. The molecule has 0 unspecified atom stereocenters. The van der Waals surface area contributed by atoms with E-state index in [-0.39, 0.29) is 0 Å². The first-order valence-corrected chi connectivity index (χ1v) is 7.75. The lowest BCUT2D eigenvalue weighted by atomic mass is 9.85. The maximum atomic E-state index is 5.35. The highest BCUT2D eigenvalue weighted by molar-refractivity contribution is 5.42. The summed E-state index contributed by atoms with van der Waals surface area (Å²) in [6, 6.07) is 1.91. The molecular formula is C15H22N6O. The van der Waals surface area contributed by atoms with Gasteiger partial charge in [-0.05, 0) is 25.8 Å². The van der Waals surface area contributed by atoms with Gasteiger partial charge in [0, 0.05) is 32.8 Å². The van der Waals surface area contributed by atoms with E-state index in [0.717, 1.165) is 31.1 Å². The summed E-state index contributed by atoms with van der Waals surface area (Å²) >= 11 is 0. The van der Waals surface area contributed by atoms with Gasteiger partial charge in [0.15, 0.2) is 5.82 Å². The molecule has 0 N–H and O–H groups in total. The average molecular weight is 302 g/mol. The van der Waals surface area contributed by atoms with Crippen LogP contribution < -0.4 is 9.80 Å². The Balaban J connectivity index is 1.68. The van der Waals surface area contributed by atoms with Crippen LogP contribution in [0.4, 0.5) is 11.8 Å². The van der Waals surface area contributed by atoms with E-state index in [4.69, 9.17) is 4.52 Å². The standard InChI is InChI=1S/C15H22N6O/c1-4-20(2)13-8-9-16-15(18-13)21(3)10-12-17-14(22-19-12)11-6-5-7-11/h8-9,11H,4-7,10H2,1-3H3. The number of hydrogen-bond acceptors (Lipinski definition) is 7. The van der Waals surface area contributed by atoms with Gasteiger partial charge in [0.05, 0.1) is 6.54 Å². The van der Waals surface area contributed by atoms with Gasteiger partial charge >= 0.3 is 0 Å². The van der Waals surface area contributed by atoms with Gasteiger partial charge in [-0.15, -0.1) is 0 Å². The van der Waals surface area contributed by atoms with E-state index in [1.807, 2.05) is 25.1 Å². The van der Waals surface area contributed by atoms with Gasteiger partial charge in [-0.25, -0.2) is 4.98 Å². The second-order valence-corrected chi connectivity index (χ2v) is 5.76. The highest BCUT2D eigenvalue weighted by Gasteiger charge is 2.25. The van der Waals surface area contributed by atoms with Crippen molar-refractivity contribution in [3.63, 3.8) is 0 Å². The minimum Gasteiger partial charge on any atom is -0.360 e. The minimum absolute atomic E-state index is 0.462. The summed E-state index contributed by atoms with van der Waals surface area (Å²) in [5.74, 6) is 3.48. The van der Waals surface area contributed by atoms with Crippen LogP contribution in [0.3, 0.4) is 0 Å². The molecule has 0 saturated heterocycles. The fourth-order valence-corrected chi connectivity index (χ4v) is 2.33. The molecule has 0 aliphatic heterocycles. The molecule has 1 aliphatic rings. The molecule has 0 radical (unpaired) electrons. The predicted molar refractivity (Wildman–Crippen MR) is 84.0 cm³/mol. The Hall–Kier alpha value is -2.18. The molecule has 0 amide bonds. The summed E-state index contributed by atoms with van der Waals surface area (Å²) in [5.41, 5.74) is 0. The van der Waals surface area contributed by atoms with E-state index in [0.29, 0.717) is 24.2 Å². The lowest BCUT2D eigenvalue weighted by Crippen LogP contribution is -2.22. The molecule has 7 heteroatoms. The second-order valence-electron chi connectivity index (χ2n) is 5.76. The van der Waals surface area contributed by atoms with Crippen molar-refractivity contribution >= 4 is 11.8 Å². The van der Waals surface area contributed by atoms with Crippen LogP contribution in [0.1, 0.15) is 43.8 Å². The molecule has 3 rings (SSSR count). The van der Waals surface area contributed by atoms with E-state index in [1.54, 1.807) is 6.20 Å². The molecule has 2 aromatic heterocycles. The molecule has 2 aromatic rings. The third-order valence-corrected chi connectivity index (χ3v) is 4.15. The molecule has 1 fully saturated rings. The third kappa shape index (κ3) is 3.03.